The van der Waals surface area contributed by atoms with Crippen LogP contribution in [-0.4, -0.2) is 34.9 Å². The Bertz CT molecular complexity index is 445. The Hall–Kier alpha value is -1.27. The number of nitrogens with zero attached hydrogens (tertiary/aromatic N) is 1. The van der Waals surface area contributed by atoms with Crippen LogP contribution in [0.3, 0.4) is 0 Å². The Morgan fingerprint density at radius 2 is 2.12 bits per heavy atom. The van der Waals surface area contributed by atoms with Crippen molar-refractivity contribution in [3.8, 4) is 5.75 Å². The molecule has 5 nitrogen and oxygen atoms in total. The highest BCUT2D eigenvalue weighted by Crippen LogP contribution is 2.21. The topological polar surface area (TPSA) is 72.6 Å². The number of ether oxygens (including phenoxy) is 1. The van der Waals surface area contributed by atoms with Crippen LogP contribution in [0, 0.1) is 0 Å². The molecule has 0 aliphatic rings. The lowest BCUT2D eigenvalue weighted by Crippen LogP contribution is -2.24. The van der Waals surface area contributed by atoms with E-state index in [1.807, 2.05) is 0 Å². The third-order valence-corrected chi connectivity index (χ3v) is 3.27. The van der Waals surface area contributed by atoms with Gasteiger partial charge in [-0.15, -0.1) is 0 Å². The summed E-state index contributed by atoms with van der Waals surface area (Å²) in [6.07, 6.45) is 1.15. The van der Waals surface area contributed by atoms with Crippen molar-refractivity contribution in [2.75, 3.05) is 30.8 Å². The zero-order valence-corrected chi connectivity index (χ0v) is 10.2. The van der Waals surface area contributed by atoms with Crippen LogP contribution >= 0.6 is 0 Å². The van der Waals surface area contributed by atoms with E-state index in [9.17, 15) is 8.42 Å². The van der Waals surface area contributed by atoms with Gasteiger partial charge in [0.2, 0.25) is 10.0 Å². The van der Waals surface area contributed by atoms with Gasteiger partial charge >= 0.3 is 0 Å². The van der Waals surface area contributed by atoms with Crippen molar-refractivity contribution in [2.45, 2.75) is 0 Å². The maximum atomic E-state index is 11.3. The number of nitrogens with two attached hydrogens (primary N) is 1. The van der Waals surface area contributed by atoms with Gasteiger partial charge in [-0.1, -0.05) is 6.07 Å². The largest absolute Gasteiger partial charge is 0.492 e. The van der Waals surface area contributed by atoms with Gasteiger partial charge in [-0.2, -0.15) is 0 Å². The van der Waals surface area contributed by atoms with Crippen molar-refractivity contribution < 1.29 is 13.2 Å². The minimum Gasteiger partial charge on any atom is -0.492 e. The van der Waals surface area contributed by atoms with Gasteiger partial charge in [0, 0.05) is 19.7 Å². The third kappa shape index (κ3) is 3.39. The van der Waals surface area contributed by atoms with Crippen LogP contribution in [-0.2, 0) is 10.0 Å². The monoisotopic (exact) mass is 244 g/mol. The Morgan fingerprint density at radius 3 is 2.69 bits per heavy atom. The number of anilines is 1. The smallest absolute Gasteiger partial charge is 0.231 e. The first kappa shape index (κ1) is 12.8. The molecule has 0 aliphatic heterocycles. The Morgan fingerprint density at radius 1 is 1.44 bits per heavy atom. The van der Waals surface area contributed by atoms with Crippen LogP contribution in [0.2, 0.25) is 0 Å². The van der Waals surface area contributed by atoms with E-state index in [-0.39, 0.29) is 0 Å². The van der Waals surface area contributed by atoms with E-state index in [0.717, 1.165) is 6.26 Å². The van der Waals surface area contributed by atoms with E-state index in [1.165, 1.54) is 11.4 Å². The molecule has 0 radical (unpaired) electrons. The van der Waals surface area contributed by atoms with E-state index in [2.05, 4.69) is 0 Å². The summed E-state index contributed by atoms with van der Waals surface area (Å²) in [6, 6.07) is 6.87. The van der Waals surface area contributed by atoms with E-state index >= 15 is 0 Å². The van der Waals surface area contributed by atoms with Crippen LogP contribution < -0.4 is 14.8 Å². The summed E-state index contributed by atoms with van der Waals surface area (Å²) >= 11 is 0. The molecule has 16 heavy (non-hydrogen) atoms. The standard InChI is InChI=1S/C10H16N2O3S/c1-12(16(2,13)14)9-4-3-5-10(8-9)15-7-6-11/h3-5,8H,6-7,11H2,1-2H3. The lowest BCUT2D eigenvalue weighted by atomic mass is 10.3. The molecule has 0 bridgehead atoms. The van der Waals surface area contributed by atoms with Crippen molar-refractivity contribution >= 4 is 15.7 Å². The van der Waals surface area contributed by atoms with Crippen molar-refractivity contribution in [1.29, 1.82) is 0 Å². The zero-order valence-electron chi connectivity index (χ0n) is 9.38. The molecule has 0 saturated heterocycles. The van der Waals surface area contributed by atoms with Gasteiger partial charge < -0.3 is 10.5 Å². The molecule has 90 valence electrons. The Labute approximate surface area is 95.9 Å². The van der Waals surface area contributed by atoms with Crippen molar-refractivity contribution in [3.05, 3.63) is 24.3 Å². The molecule has 6 heteroatoms. The summed E-state index contributed by atoms with van der Waals surface area (Å²) in [4.78, 5) is 0. The molecule has 0 aliphatic carbocycles. The predicted octanol–water partition coefficient (Wildman–Crippen LogP) is 0.420. The lowest BCUT2D eigenvalue weighted by molar-refractivity contribution is 0.328. The molecule has 1 rings (SSSR count). The van der Waals surface area contributed by atoms with Crippen LogP contribution in [0.4, 0.5) is 5.69 Å². The first-order chi connectivity index (χ1) is 7.45. The summed E-state index contributed by atoms with van der Waals surface area (Å²) in [7, 11) is -1.74. The lowest BCUT2D eigenvalue weighted by Gasteiger charge is -2.17. The van der Waals surface area contributed by atoms with Gasteiger partial charge in [-0.3, -0.25) is 4.31 Å². The van der Waals surface area contributed by atoms with Crippen molar-refractivity contribution in [2.24, 2.45) is 5.73 Å². The fraction of sp³-hybridized carbons (Fsp3) is 0.400. The number of rotatable bonds is 5. The molecular weight excluding hydrogens is 228 g/mol. The first-order valence-corrected chi connectivity index (χ1v) is 6.67. The summed E-state index contributed by atoms with van der Waals surface area (Å²) in [6.45, 7) is 0.832. The van der Waals surface area contributed by atoms with Crippen molar-refractivity contribution in [1.82, 2.24) is 0 Å². The average Bonchev–Trinajstić information content (AvgIpc) is 2.24. The fourth-order valence-corrected chi connectivity index (χ4v) is 1.63. The third-order valence-electron chi connectivity index (χ3n) is 2.07. The maximum Gasteiger partial charge on any atom is 0.231 e. The highest BCUT2D eigenvalue weighted by atomic mass is 32.2. The Balaban J connectivity index is 2.90. The fourth-order valence-electron chi connectivity index (χ4n) is 1.14. The van der Waals surface area contributed by atoms with E-state index in [4.69, 9.17) is 10.5 Å². The van der Waals surface area contributed by atoms with Crippen LogP contribution in [0.15, 0.2) is 24.3 Å². The molecule has 0 unspecified atom stereocenters. The minimum absolute atomic E-state index is 0.409. The first-order valence-electron chi connectivity index (χ1n) is 4.82. The van der Waals surface area contributed by atoms with Gasteiger partial charge in [-0.25, -0.2) is 8.42 Å². The zero-order chi connectivity index (χ0) is 12.2. The van der Waals surface area contributed by atoms with Gasteiger partial charge in [-0.05, 0) is 12.1 Å². The van der Waals surface area contributed by atoms with Crippen molar-refractivity contribution in [3.63, 3.8) is 0 Å². The molecule has 0 aromatic heterocycles. The molecular formula is C10H16N2O3S. The van der Waals surface area contributed by atoms with Gasteiger partial charge in [0.25, 0.3) is 0 Å². The normalized spacial score (nSPS) is 11.2. The second-order valence-corrected chi connectivity index (χ2v) is 5.38. The number of sulfonamides is 1. The highest BCUT2D eigenvalue weighted by molar-refractivity contribution is 7.92. The van der Waals surface area contributed by atoms with E-state index in [1.54, 1.807) is 24.3 Å². The quantitative estimate of drug-likeness (QED) is 0.814. The summed E-state index contributed by atoms with van der Waals surface area (Å²) in [5.41, 5.74) is 5.88. The number of benzene rings is 1. The maximum absolute atomic E-state index is 11.3. The molecule has 0 atom stereocenters. The van der Waals surface area contributed by atoms with Gasteiger partial charge in [0.05, 0.1) is 11.9 Å². The molecule has 1 aromatic carbocycles. The second kappa shape index (κ2) is 5.18. The highest BCUT2D eigenvalue weighted by Gasteiger charge is 2.11. The Kier molecular flexibility index (Phi) is 4.14. The summed E-state index contributed by atoms with van der Waals surface area (Å²) in [5.74, 6) is 0.610. The summed E-state index contributed by atoms with van der Waals surface area (Å²) in [5, 5.41) is 0. The van der Waals surface area contributed by atoms with E-state index < -0.39 is 10.0 Å². The summed E-state index contributed by atoms with van der Waals surface area (Å²) < 4.78 is 29.2. The SMILES string of the molecule is CN(c1cccc(OCCN)c1)S(C)(=O)=O. The minimum atomic E-state index is -3.24. The second-order valence-electron chi connectivity index (χ2n) is 3.36. The molecule has 1 aromatic rings. The predicted molar refractivity (Wildman–Crippen MR) is 64.2 cm³/mol. The number of hydrogen-bond acceptors (Lipinski definition) is 4. The average molecular weight is 244 g/mol. The molecule has 0 heterocycles. The van der Waals surface area contributed by atoms with Crippen LogP contribution in [0.1, 0.15) is 0 Å². The molecule has 0 saturated carbocycles. The van der Waals surface area contributed by atoms with E-state index in [0.29, 0.717) is 24.6 Å². The van der Waals surface area contributed by atoms with Crippen LogP contribution in [0.5, 0.6) is 5.75 Å². The molecule has 0 fully saturated rings. The molecule has 2 N–H and O–H groups in total. The molecule has 0 amide bonds. The van der Waals surface area contributed by atoms with Crippen LogP contribution in [0.25, 0.3) is 0 Å². The van der Waals surface area contributed by atoms with Gasteiger partial charge in [0.15, 0.2) is 0 Å². The van der Waals surface area contributed by atoms with Gasteiger partial charge in [0.1, 0.15) is 12.4 Å². The molecule has 0 spiro atoms. The number of hydrogen-bond donors (Lipinski definition) is 1.